The average Bonchev–Trinajstić information content (AvgIpc) is 1.98. The molecule has 0 aromatic rings. The zero-order chi connectivity index (χ0) is 7.98. The monoisotopic (exact) mass is 160 g/mol. The van der Waals surface area contributed by atoms with Crippen molar-refractivity contribution < 1.29 is 4.79 Å². The second-order valence-electron chi connectivity index (χ2n) is 1.82. The van der Waals surface area contributed by atoms with Gasteiger partial charge in [-0.1, -0.05) is 6.08 Å². The molecule has 0 radical (unpaired) electrons. The van der Waals surface area contributed by atoms with E-state index in [1.807, 2.05) is 0 Å². The Hall–Kier alpha value is -0.480. The molecule has 0 aliphatic carbocycles. The van der Waals surface area contributed by atoms with Gasteiger partial charge in [-0.15, -0.1) is 6.58 Å². The van der Waals surface area contributed by atoms with Crippen LogP contribution in [-0.2, 0) is 4.79 Å². The molecule has 3 nitrogen and oxygen atoms in total. The van der Waals surface area contributed by atoms with E-state index >= 15 is 0 Å². The van der Waals surface area contributed by atoms with Gasteiger partial charge in [0.25, 0.3) is 0 Å². The van der Waals surface area contributed by atoms with Crippen molar-refractivity contribution >= 4 is 18.5 Å². The molecule has 0 aliphatic rings. The molecule has 0 spiro atoms. The maximum atomic E-state index is 10.8. The summed E-state index contributed by atoms with van der Waals surface area (Å²) in [5.41, 5.74) is 5.33. The molecule has 0 heterocycles. The van der Waals surface area contributed by atoms with Gasteiger partial charge in [-0.2, -0.15) is 12.6 Å². The van der Waals surface area contributed by atoms with Crippen LogP contribution in [0.5, 0.6) is 0 Å². The van der Waals surface area contributed by atoms with Gasteiger partial charge in [0.2, 0.25) is 5.91 Å². The highest BCUT2D eigenvalue weighted by Gasteiger charge is 2.08. The van der Waals surface area contributed by atoms with E-state index < -0.39 is 6.04 Å². The summed E-state index contributed by atoms with van der Waals surface area (Å²) >= 11 is 3.87. The Morgan fingerprint density at radius 1 is 1.90 bits per heavy atom. The van der Waals surface area contributed by atoms with Gasteiger partial charge in [0.05, 0.1) is 6.04 Å². The lowest BCUT2D eigenvalue weighted by Gasteiger charge is -2.06. The van der Waals surface area contributed by atoms with Crippen LogP contribution in [0.2, 0.25) is 0 Å². The third kappa shape index (κ3) is 3.53. The molecule has 1 amide bonds. The normalized spacial score (nSPS) is 12.2. The van der Waals surface area contributed by atoms with Gasteiger partial charge in [0.15, 0.2) is 0 Å². The van der Waals surface area contributed by atoms with Crippen LogP contribution in [0.3, 0.4) is 0 Å². The summed E-state index contributed by atoms with van der Waals surface area (Å²) in [6.07, 6.45) is 1.60. The van der Waals surface area contributed by atoms with Gasteiger partial charge in [-0.3, -0.25) is 4.79 Å². The average molecular weight is 160 g/mol. The van der Waals surface area contributed by atoms with E-state index in [4.69, 9.17) is 5.73 Å². The molecule has 0 rings (SSSR count). The fourth-order valence-corrected chi connectivity index (χ4v) is 0.553. The quantitative estimate of drug-likeness (QED) is 0.385. The van der Waals surface area contributed by atoms with Crippen molar-refractivity contribution in [2.24, 2.45) is 5.73 Å². The molecule has 0 bridgehead atoms. The first kappa shape index (κ1) is 9.52. The van der Waals surface area contributed by atoms with Crippen LogP contribution in [0.25, 0.3) is 0 Å². The largest absolute Gasteiger partial charge is 0.351 e. The van der Waals surface area contributed by atoms with Crippen molar-refractivity contribution in [2.45, 2.75) is 6.04 Å². The Labute approximate surface area is 66.1 Å². The van der Waals surface area contributed by atoms with E-state index in [-0.39, 0.29) is 5.91 Å². The van der Waals surface area contributed by atoms with Gasteiger partial charge in [0.1, 0.15) is 0 Å². The van der Waals surface area contributed by atoms with Gasteiger partial charge >= 0.3 is 0 Å². The van der Waals surface area contributed by atoms with Crippen molar-refractivity contribution in [3.05, 3.63) is 12.7 Å². The van der Waals surface area contributed by atoms with E-state index in [1.54, 1.807) is 6.08 Å². The highest BCUT2D eigenvalue weighted by atomic mass is 32.1. The van der Waals surface area contributed by atoms with Crippen LogP contribution in [0.4, 0.5) is 0 Å². The van der Waals surface area contributed by atoms with Crippen molar-refractivity contribution in [2.75, 3.05) is 12.3 Å². The molecule has 0 aromatic carbocycles. The Morgan fingerprint density at radius 3 is 2.90 bits per heavy atom. The summed E-state index contributed by atoms with van der Waals surface area (Å²) in [6, 6.07) is -0.511. The Balaban J connectivity index is 3.51. The van der Waals surface area contributed by atoms with E-state index in [0.717, 1.165) is 0 Å². The SMILES string of the molecule is C=CCNC(=O)C(N)CS. The lowest BCUT2D eigenvalue weighted by Crippen LogP contribution is -2.41. The number of carbonyl (C=O) groups excluding carboxylic acids is 1. The number of amides is 1. The minimum absolute atomic E-state index is 0.185. The number of rotatable bonds is 4. The second-order valence-corrected chi connectivity index (χ2v) is 2.19. The standard InChI is InChI=1S/C6H12N2OS/c1-2-3-8-6(9)5(7)4-10/h2,5,10H,1,3-4,7H2,(H,8,9). The first-order valence-electron chi connectivity index (χ1n) is 2.97. The van der Waals surface area contributed by atoms with E-state index in [0.29, 0.717) is 12.3 Å². The summed E-state index contributed by atoms with van der Waals surface area (Å²) in [5, 5.41) is 2.55. The van der Waals surface area contributed by atoms with Crippen molar-refractivity contribution in [1.29, 1.82) is 0 Å². The number of thiol groups is 1. The van der Waals surface area contributed by atoms with Crippen LogP contribution < -0.4 is 11.1 Å². The fraction of sp³-hybridized carbons (Fsp3) is 0.500. The summed E-state index contributed by atoms with van der Waals surface area (Å²) in [6.45, 7) is 3.90. The van der Waals surface area contributed by atoms with Gasteiger partial charge in [-0.25, -0.2) is 0 Å². The van der Waals surface area contributed by atoms with Crippen molar-refractivity contribution in [3.8, 4) is 0 Å². The van der Waals surface area contributed by atoms with Crippen LogP contribution in [0, 0.1) is 0 Å². The van der Waals surface area contributed by atoms with E-state index in [1.165, 1.54) is 0 Å². The first-order valence-corrected chi connectivity index (χ1v) is 3.60. The zero-order valence-electron chi connectivity index (χ0n) is 5.71. The zero-order valence-corrected chi connectivity index (χ0v) is 6.60. The maximum absolute atomic E-state index is 10.8. The molecule has 0 saturated heterocycles. The van der Waals surface area contributed by atoms with Crippen LogP contribution in [-0.4, -0.2) is 24.2 Å². The number of nitrogens with two attached hydrogens (primary N) is 1. The third-order valence-corrected chi connectivity index (χ3v) is 1.35. The van der Waals surface area contributed by atoms with E-state index in [9.17, 15) is 4.79 Å². The van der Waals surface area contributed by atoms with E-state index in [2.05, 4.69) is 24.5 Å². The third-order valence-electron chi connectivity index (χ3n) is 0.954. The van der Waals surface area contributed by atoms with Gasteiger partial charge in [-0.05, 0) is 0 Å². The molecular weight excluding hydrogens is 148 g/mol. The lowest BCUT2D eigenvalue weighted by molar-refractivity contribution is -0.121. The summed E-state index contributed by atoms with van der Waals surface area (Å²) in [4.78, 5) is 10.8. The highest BCUT2D eigenvalue weighted by molar-refractivity contribution is 7.80. The molecule has 1 unspecified atom stereocenters. The summed E-state index contributed by atoms with van der Waals surface area (Å²) < 4.78 is 0. The molecule has 0 fully saturated rings. The molecule has 10 heavy (non-hydrogen) atoms. The number of carbonyl (C=O) groups is 1. The Kier molecular flexibility index (Phi) is 5.06. The molecular formula is C6H12N2OS. The number of nitrogens with one attached hydrogen (secondary N) is 1. The second kappa shape index (κ2) is 5.32. The highest BCUT2D eigenvalue weighted by Crippen LogP contribution is 1.82. The molecule has 0 aromatic heterocycles. The fourth-order valence-electron chi connectivity index (χ4n) is 0.387. The van der Waals surface area contributed by atoms with Crippen LogP contribution in [0.15, 0.2) is 12.7 Å². The van der Waals surface area contributed by atoms with Crippen LogP contribution in [0.1, 0.15) is 0 Å². The predicted octanol–water partition coefficient (Wildman–Crippen LogP) is -0.454. The molecule has 4 heteroatoms. The predicted molar refractivity (Wildman–Crippen MR) is 45.0 cm³/mol. The number of hydrogen-bond acceptors (Lipinski definition) is 3. The topological polar surface area (TPSA) is 55.1 Å². The smallest absolute Gasteiger partial charge is 0.238 e. The molecule has 1 atom stereocenters. The first-order chi connectivity index (χ1) is 4.72. The van der Waals surface area contributed by atoms with Gasteiger partial charge in [0, 0.05) is 12.3 Å². The minimum Gasteiger partial charge on any atom is -0.351 e. The Bertz CT molecular complexity index is 127. The van der Waals surface area contributed by atoms with Crippen molar-refractivity contribution in [3.63, 3.8) is 0 Å². The molecule has 0 saturated carbocycles. The lowest BCUT2D eigenvalue weighted by atomic mass is 10.3. The van der Waals surface area contributed by atoms with Crippen molar-refractivity contribution in [1.82, 2.24) is 5.32 Å². The van der Waals surface area contributed by atoms with Gasteiger partial charge < -0.3 is 11.1 Å². The molecule has 0 aliphatic heterocycles. The maximum Gasteiger partial charge on any atom is 0.238 e. The number of hydrogen-bond donors (Lipinski definition) is 3. The van der Waals surface area contributed by atoms with Crippen LogP contribution >= 0.6 is 12.6 Å². The molecule has 3 N–H and O–H groups in total. The Morgan fingerprint density at radius 2 is 2.50 bits per heavy atom. The molecule has 58 valence electrons. The minimum atomic E-state index is -0.511. The summed E-state index contributed by atoms with van der Waals surface area (Å²) in [7, 11) is 0. The summed E-state index contributed by atoms with van der Waals surface area (Å²) in [5.74, 6) is 0.179.